The molecule has 0 saturated heterocycles. The maximum absolute atomic E-state index is 12.9. The zero-order chi connectivity index (χ0) is 24.7. The number of nitrogens with one attached hydrogen (secondary N) is 1. The summed E-state index contributed by atoms with van der Waals surface area (Å²) in [5, 5.41) is 11.6. The highest BCUT2D eigenvalue weighted by Crippen LogP contribution is 2.24. The number of carbonyl (C=O) groups is 1. The summed E-state index contributed by atoms with van der Waals surface area (Å²) in [6.07, 6.45) is 1.90. The minimum absolute atomic E-state index is 0.132. The van der Waals surface area contributed by atoms with Crippen molar-refractivity contribution < 1.29 is 13.2 Å². The van der Waals surface area contributed by atoms with Gasteiger partial charge in [0.15, 0.2) is 0 Å². The molecule has 0 unspecified atom stereocenters. The van der Waals surface area contributed by atoms with E-state index in [2.05, 4.69) is 22.9 Å². The predicted octanol–water partition coefficient (Wildman–Crippen LogP) is 4.11. The van der Waals surface area contributed by atoms with Gasteiger partial charge < -0.3 is 9.88 Å². The molecule has 0 spiro atoms. The third-order valence-corrected chi connectivity index (χ3v) is 7.73. The van der Waals surface area contributed by atoms with Gasteiger partial charge in [-0.3, -0.25) is 4.79 Å². The SMILES string of the molecule is CCCn1c(CCC(=O)Nc2ccc(CC#N)cc2)nc2cc(S(=O)(=O)N(CC)CC)ccc21. The molecule has 0 saturated carbocycles. The number of aryl methyl sites for hydroxylation is 2. The number of benzene rings is 2. The Morgan fingerprint density at radius 2 is 1.82 bits per heavy atom. The molecule has 3 rings (SSSR count). The number of amides is 1. The fourth-order valence-electron chi connectivity index (χ4n) is 3.94. The maximum Gasteiger partial charge on any atom is 0.243 e. The second-order valence-electron chi connectivity index (χ2n) is 8.00. The fourth-order valence-corrected chi connectivity index (χ4v) is 5.42. The molecule has 1 heterocycles. The molecular weight excluding hydrogens is 450 g/mol. The maximum atomic E-state index is 12.9. The Bertz CT molecular complexity index is 1290. The lowest BCUT2D eigenvalue weighted by molar-refractivity contribution is -0.116. The van der Waals surface area contributed by atoms with Crippen LogP contribution < -0.4 is 5.32 Å². The first-order valence-electron chi connectivity index (χ1n) is 11.6. The Kier molecular flexibility index (Phi) is 8.42. The summed E-state index contributed by atoms with van der Waals surface area (Å²) < 4.78 is 29.3. The summed E-state index contributed by atoms with van der Waals surface area (Å²) in [4.78, 5) is 17.4. The van der Waals surface area contributed by atoms with Gasteiger partial charge in [-0.15, -0.1) is 0 Å². The monoisotopic (exact) mass is 481 g/mol. The first kappa shape index (κ1) is 25.4. The van der Waals surface area contributed by atoms with Crippen molar-refractivity contribution in [1.82, 2.24) is 13.9 Å². The van der Waals surface area contributed by atoms with E-state index in [0.717, 1.165) is 29.9 Å². The summed E-state index contributed by atoms with van der Waals surface area (Å²) >= 11 is 0. The summed E-state index contributed by atoms with van der Waals surface area (Å²) in [5.41, 5.74) is 3.06. The van der Waals surface area contributed by atoms with E-state index in [1.165, 1.54) is 4.31 Å². The second-order valence-corrected chi connectivity index (χ2v) is 9.94. The van der Waals surface area contributed by atoms with Crippen LogP contribution in [0.4, 0.5) is 5.69 Å². The lowest BCUT2D eigenvalue weighted by atomic mass is 10.1. The highest BCUT2D eigenvalue weighted by molar-refractivity contribution is 7.89. The average Bonchev–Trinajstić information content (AvgIpc) is 3.17. The van der Waals surface area contributed by atoms with Crippen LogP contribution in [0, 0.1) is 11.3 Å². The number of fused-ring (bicyclic) bond motifs is 1. The van der Waals surface area contributed by atoms with Crippen LogP contribution in [0.3, 0.4) is 0 Å². The minimum atomic E-state index is -3.57. The van der Waals surface area contributed by atoms with E-state index in [4.69, 9.17) is 10.2 Å². The minimum Gasteiger partial charge on any atom is -0.328 e. The molecule has 0 bridgehead atoms. The van der Waals surface area contributed by atoms with Crippen LogP contribution in [0.5, 0.6) is 0 Å². The number of imidazole rings is 1. The van der Waals surface area contributed by atoms with E-state index in [1.54, 1.807) is 30.3 Å². The molecule has 3 aromatic rings. The molecule has 0 aliphatic heterocycles. The van der Waals surface area contributed by atoms with Crippen molar-refractivity contribution in [3.05, 3.63) is 53.9 Å². The van der Waals surface area contributed by atoms with E-state index in [-0.39, 0.29) is 17.2 Å². The van der Waals surface area contributed by atoms with E-state index in [0.29, 0.717) is 37.1 Å². The summed E-state index contributed by atoms with van der Waals surface area (Å²) in [6.45, 7) is 7.25. The van der Waals surface area contributed by atoms with Gasteiger partial charge in [0.25, 0.3) is 0 Å². The van der Waals surface area contributed by atoms with Crippen molar-refractivity contribution in [3.8, 4) is 6.07 Å². The normalized spacial score (nSPS) is 11.6. The molecule has 0 aliphatic carbocycles. The van der Waals surface area contributed by atoms with Crippen LogP contribution in [0.2, 0.25) is 0 Å². The molecule has 0 atom stereocenters. The number of nitrogens with zero attached hydrogens (tertiary/aromatic N) is 4. The zero-order valence-corrected chi connectivity index (χ0v) is 20.7. The lowest BCUT2D eigenvalue weighted by Gasteiger charge is -2.18. The van der Waals surface area contributed by atoms with E-state index in [1.807, 2.05) is 26.0 Å². The van der Waals surface area contributed by atoms with Crippen LogP contribution in [0.25, 0.3) is 11.0 Å². The fraction of sp³-hybridized carbons (Fsp3) is 0.400. The van der Waals surface area contributed by atoms with Crippen molar-refractivity contribution in [3.63, 3.8) is 0 Å². The molecule has 1 aromatic heterocycles. The van der Waals surface area contributed by atoms with Crippen LogP contribution in [0.15, 0.2) is 47.4 Å². The van der Waals surface area contributed by atoms with Crippen molar-refractivity contribution in [2.75, 3.05) is 18.4 Å². The number of rotatable bonds is 11. The Balaban J connectivity index is 1.79. The lowest BCUT2D eigenvalue weighted by Crippen LogP contribution is -2.30. The second kappa shape index (κ2) is 11.3. The smallest absolute Gasteiger partial charge is 0.243 e. The van der Waals surface area contributed by atoms with Gasteiger partial charge in [0, 0.05) is 38.2 Å². The van der Waals surface area contributed by atoms with Gasteiger partial charge in [-0.1, -0.05) is 32.9 Å². The molecule has 8 nitrogen and oxygen atoms in total. The molecule has 0 aliphatic rings. The number of anilines is 1. The number of nitriles is 1. The molecule has 9 heteroatoms. The standard InChI is InChI=1S/C25H31N5O3S/c1-4-17-30-23-12-11-21(34(32,33)29(5-2)6-3)18-22(23)28-24(30)13-14-25(31)27-20-9-7-19(8-10-20)15-16-26/h7-12,18H,4-6,13-15,17H2,1-3H3,(H,27,31). The number of hydrogen-bond acceptors (Lipinski definition) is 5. The quantitative estimate of drug-likeness (QED) is 0.443. The summed E-state index contributed by atoms with van der Waals surface area (Å²) in [6, 6.07) is 14.4. The zero-order valence-electron chi connectivity index (χ0n) is 19.9. The third-order valence-electron chi connectivity index (χ3n) is 5.69. The van der Waals surface area contributed by atoms with Gasteiger partial charge in [-0.05, 0) is 42.3 Å². The number of hydrogen-bond donors (Lipinski definition) is 1. The van der Waals surface area contributed by atoms with Gasteiger partial charge in [0.05, 0.1) is 28.4 Å². The predicted molar refractivity (Wildman–Crippen MR) is 133 cm³/mol. The van der Waals surface area contributed by atoms with Gasteiger partial charge in [0.2, 0.25) is 15.9 Å². The first-order valence-corrected chi connectivity index (χ1v) is 13.0. The topological polar surface area (TPSA) is 108 Å². The number of aromatic nitrogens is 2. The Morgan fingerprint density at radius 3 is 2.44 bits per heavy atom. The molecule has 180 valence electrons. The molecule has 1 amide bonds. The molecule has 34 heavy (non-hydrogen) atoms. The highest BCUT2D eigenvalue weighted by Gasteiger charge is 2.23. The van der Waals surface area contributed by atoms with Gasteiger partial charge >= 0.3 is 0 Å². The van der Waals surface area contributed by atoms with Crippen LogP contribution in [0.1, 0.15) is 45.0 Å². The van der Waals surface area contributed by atoms with E-state index in [9.17, 15) is 13.2 Å². The highest BCUT2D eigenvalue weighted by atomic mass is 32.2. The molecule has 0 fully saturated rings. The third kappa shape index (κ3) is 5.64. The van der Waals surface area contributed by atoms with Crippen molar-refractivity contribution >= 4 is 32.7 Å². The number of sulfonamides is 1. The van der Waals surface area contributed by atoms with Crippen LogP contribution in [-0.4, -0.2) is 41.3 Å². The van der Waals surface area contributed by atoms with Gasteiger partial charge in [-0.2, -0.15) is 9.57 Å². The summed E-state index contributed by atoms with van der Waals surface area (Å²) in [5.74, 6) is 0.627. The van der Waals surface area contributed by atoms with E-state index >= 15 is 0 Å². The molecule has 1 N–H and O–H groups in total. The largest absolute Gasteiger partial charge is 0.328 e. The average molecular weight is 482 g/mol. The van der Waals surface area contributed by atoms with Crippen LogP contribution in [-0.2, 0) is 34.2 Å². The Labute approximate surface area is 201 Å². The first-order chi connectivity index (χ1) is 16.3. The van der Waals surface area contributed by atoms with Gasteiger partial charge in [0.1, 0.15) is 5.82 Å². The van der Waals surface area contributed by atoms with Crippen molar-refractivity contribution in [1.29, 1.82) is 5.26 Å². The molecular formula is C25H31N5O3S. The molecule has 0 radical (unpaired) electrons. The van der Waals surface area contributed by atoms with Crippen molar-refractivity contribution in [2.45, 2.75) is 57.9 Å². The van der Waals surface area contributed by atoms with Crippen molar-refractivity contribution in [2.24, 2.45) is 0 Å². The molecule has 2 aromatic carbocycles. The van der Waals surface area contributed by atoms with E-state index < -0.39 is 10.0 Å². The van der Waals surface area contributed by atoms with Gasteiger partial charge in [-0.25, -0.2) is 13.4 Å². The Hall–Kier alpha value is -3.22. The Morgan fingerprint density at radius 1 is 1.12 bits per heavy atom. The summed E-state index contributed by atoms with van der Waals surface area (Å²) in [7, 11) is -3.57. The number of carbonyl (C=O) groups excluding carboxylic acids is 1. The van der Waals surface area contributed by atoms with Crippen LogP contribution >= 0.6 is 0 Å².